The largest absolute Gasteiger partial charge is 0.497 e. The number of hydrogen-bond acceptors (Lipinski definition) is 5. The summed E-state index contributed by atoms with van der Waals surface area (Å²) in [5.41, 5.74) is 1.88. The lowest BCUT2D eigenvalue weighted by atomic mass is 10.1. The van der Waals surface area contributed by atoms with E-state index in [-0.39, 0.29) is 6.04 Å². The van der Waals surface area contributed by atoms with Crippen molar-refractivity contribution in [1.29, 1.82) is 0 Å². The van der Waals surface area contributed by atoms with E-state index in [2.05, 4.69) is 34.7 Å². The molecule has 0 saturated carbocycles. The van der Waals surface area contributed by atoms with Gasteiger partial charge in [0, 0.05) is 31.3 Å². The van der Waals surface area contributed by atoms with E-state index in [1.54, 1.807) is 14.2 Å². The lowest BCUT2D eigenvalue weighted by Gasteiger charge is -2.20. The molecule has 1 unspecified atom stereocenters. The van der Waals surface area contributed by atoms with Gasteiger partial charge in [0.1, 0.15) is 17.3 Å². The molecule has 0 radical (unpaired) electrons. The van der Waals surface area contributed by atoms with Gasteiger partial charge < -0.3 is 20.1 Å². The monoisotopic (exact) mass is 410 g/mol. The highest BCUT2D eigenvalue weighted by Crippen LogP contribution is 2.29. The maximum absolute atomic E-state index is 5.51. The lowest BCUT2D eigenvalue weighted by Crippen LogP contribution is -2.39. The highest BCUT2D eigenvalue weighted by atomic mass is 16.5. The van der Waals surface area contributed by atoms with E-state index in [1.807, 2.05) is 47.0 Å². The lowest BCUT2D eigenvalue weighted by molar-refractivity contribution is 0.394. The summed E-state index contributed by atoms with van der Waals surface area (Å²) in [6.45, 7) is 5.59. The van der Waals surface area contributed by atoms with Gasteiger partial charge in [-0.1, -0.05) is 6.07 Å². The first kappa shape index (κ1) is 21.4. The van der Waals surface area contributed by atoms with Crippen LogP contribution in [0.15, 0.2) is 47.6 Å². The number of aromatic nitrogens is 3. The summed E-state index contributed by atoms with van der Waals surface area (Å²) in [4.78, 5) is 4.72. The van der Waals surface area contributed by atoms with Crippen LogP contribution in [0, 0.1) is 0 Å². The summed E-state index contributed by atoms with van der Waals surface area (Å²) in [6, 6.07) is 11.7. The molecule has 0 aliphatic rings. The molecule has 1 atom stereocenters. The molecular formula is C22H30N6O2. The van der Waals surface area contributed by atoms with Crippen LogP contribution in [0.5, 0.6) is 11.5 Å². The van der Waals surface area contributed by atoms with Gasteiger partial charge in [0.05, 0.1) is 20.3 Å². The molecular weight excluding hydrogens is 380 g/mol. The molecule has 0 saturated heterocycles. The molecule has 8 nitrogen and oxygen atoms in total. The Bertz CT molecular complexity index is 985. The Morgan fingerprint density at radius 1 is 1.17 bits per heavy atom. The predicted octanol–water partition coefficient (Wildman–Crippen LogP) is 3.00. The molecule has 8 heteroatoms. The molecule has 2 heterocycles. The summed E-state index contributed by atoms with van der Waals surface area (Å²) in [6.07, 6.45) is 3.68. The number of nitrogens with one attached hydrogen (secondary N) is 2. The first-order valence-electron chi connectivity index (χ1n) is 10.2. The van der Waals surface area contributed by atoms with Crippen molar-refractivity contribution in [1.82, 2.24) is 25.2 Å². The quantitative estimate of drug-likeness (QED) is 0.320. The number of fused-ring (bicyclic) bond motifs is 1. The smallest absolute Gasteiger partial charge is 0.191 e. The summed E-state index contributed by atoms with van der Waals surface area (Å²) < 4.78 is 12.9. The van der Waals surface area contributed by atoms with Crippen LogP contribution < -0.4 is 20.1 Å². The molecule has 30 heavy (non-hydrogen) atoms. The van der Waals surface area contributed by atoms with Crippen LogP contribution in [0.1, 0.15) is 37.7 Å². The average Bonchev–Trinajstić information content (AvgIpc) is 3.19. The minimum Gasteiger partial charge on any atom is -0.497 e. The summed E-state index contributed by atoms with van der Waals surface area (Å²) in [7, 11) is 3.33. The van der Waals surface area contributed by atoms with Crippen molar-refractivity contribution >= 4 is 11.6 Å². The summed E-state index contributed by atoms with van der Waals surface area (Å²) in [5, 5.41) is 15.2. The second-order valence-electron chi connectivity index (χ2n) is 6.88. The van der Waals surface area contributed by atoms with Crippen molar-refractivity contribution < 1.29 is 9.47 Å². The molecule has 3 aromatic rings. The second-order valence-corrected chi connectivity index (χ2v) is 6.88. The van der Waals surface area contributed by atoms with Crippen molar-refractivity contribution in [3.63, 3.8) is 0 Å². The maximum Gasteiger partial charge on any atom is 0.191 e. The molecule has 1 aromatic carbocycles. The molecule has 0 fully saturated rings. The third kappa shape index (κ3) is 5.20. The number of nitrogens with zero attached hydrogens (tertiary/aromatic N) is 4. The van der Waals surface area contributed by atoms with Gasteiger partial charge >= 0.3 is 0 Å². The molecule has 2 N–H and O–H groups in total. The van der Waals surface area contributed by atoms with Gasteiger partial charge in [-0.05, 0) is 50.6 Å². The van der Waals surface area contributed by atoms with Crippen LogP contribution in [0.25, 0.3) is 5.65 Å². The second kappa shape index (κ2) is 10.5. The molecule has 0 spiro atoms. The molecule has 2 aromatic heterocycles. The van der Waals surface area contributed by atoms with Crippen molar-refractivity contribution in [3.05, 3.63) is 54.0 Å². The highest BCUT2D eigenvalue weighted by Gasteiger charge is 2.14. The standard InChI is InChI=1S/C22H30N6O2/c1-5-23-22(25-16(2)18-15-17(29-3)11-12-19(18)30-4)24-13-8-10-21-27-26-20-9-6-7-14-28(20)21/h6-7,9,11-12,14-16H,5,8,10,13H2,1-4H3,(H2,23,24,25). The number of rotatable bonds is 9. The van der Waals surface area contributed by atoms with E-state index in [9.17, 15) is 0 Å². The molecule has 0 aliphatic carbocycles. The topological polar surface area (TPSA) is 85.1 Å². The third-order valence-electron chi connectivity index (χ3n) is 4.81. The minimum absolute atomic E-state index is 0.00621. The van der Waals surface area contributed by atoms with Crippen LogP contribution >= 0.6 is 0 Å². The third-order valence-corrected chi connectivity index (χ3v) is 4.81. The van der Waals surface area contributed by atoms with Crippen molar-refractivity contribution in [2.45, 2.75) is 32.7 Å². The molecule has 0 bridgehead atoms. The van der Waals surface area contributed by atoms with Gasteiger partial charge in [-0.25, -0.2) is 0 Å². The fourth-order valence-electron chi connectivity index (χ4n) is 3.27. The number of ether oxygens (including phenoxy) is 2. The Labute approximate surface area is 177 Å². The van der Waals surface area contributed by atoms with E-state index in [0.717, 1.165) is 53.9 Å². The fourth-order valence-corrected chi connectivity index (χ4v) is 3.27. The number of hydrogen-bond donors (Lipinski definition) is 2. The molecule has 160 valence electrons. The van der Waals surface area contributed by atoms with Crippen LogP contribution in [0.3, 0.4) is 0 Å². The van der Waals surface area contributed by atoms with Gasteiger partial charge in [0.15, 0.2) is 11.6 Å². The minimum atomic E-state index is -0.00621. The van der Waals surface area contributed by atoms with Gasteiger partial charge in [0.2, 0.25) is 0 Å². The van der Waals surface area contributed by atoms with E-state index in [0.29, 0.717) is 6.54 Å². The van der Waals surface area contributed by atoms with Crippen LogP contribution in [0.2, 0.25) is 0 Å². The molecule has 3 rings (SSSR count). The van der Waals surface area contributed by atoms with E-state index in [4.69, 9.17) is 14.5 Å². The number of benzene rings is 1. The zero-order chi connectivity index (χ0) is 21.3. The van der Waals surface area contributed by atoms with Crippen LogP contribution in [0.4, 0.5) is 0 Å². The Balaban J connectivity index is 1.63. The first-order valence-corrected chi connectivity index (χ1v) is 10.2. The van der Waals surface area contributed by atoms with Gasteiger partial charge in [-0.3, -0.25) is 9.39 Å². The first-order chi connectivity index (χ1) is 14.7. The maximum atomic E-state index is 5.51. The molecule has 0 aliphatic heterocycles. The van der Waals surface area contributed by atoms with Crippen LogP contribution in [-0.4, -0.2) is 47.9 Å². The number of guanidine groups is 1. The van der Waals surface area contributed by atoms with E-state index in [1.165, 1.54) is 0 Å². The zero-order valence-electron chi connectivity index (χ0n) is 18.1. The number of aliphatic imine (C=N–C) groups is 1. The van der Waals surface area contributed by atoms with Crippen molar-refractivity contribution in [3.8, 4) is 11.5 Å². The van der Waals surface area contributed by atoms with Gasteiger partial charge in [-0.15, -0.1) is 10.2 Å². The van der Waals surface area contributed by atoms with Crippen LogP contribution in [-0.2, 0) is 6.42 Å². The Kier molecular flexibility index (Phi) is 7.48. The van der Waals surface area contributed by atoms with Gasteiger partial charge in [-0.2, -0.15) is 0 Å². The highest BCUT2D eigenvalue weighted by molar-refractivity contribution is 5.80. The molecule has 0 amide bonds. The van der Waals surface area contributed by atoms with Crippen molar-refractivity contribution in [2.75, 3.05) is 27.3 Å². The Morgan fingerprint density at radius 3 is 2.80 bits per heavy atom. The SMILES string of the molecule is CCNC(=NCCCc1nnc2ccccn12)NC(C)c1cc(OC)ccc1OC. The Hall–Kier alpha value is -3.29. The number of aryl methyl sites for hydroxylation is 1. The van der Waals surface area contributed by atoms with E-state index < -0.39 is 0 Å². The predicted molar refractivity (Wildman–Crippen MR) is 118 cm³/mol. The number of pyridine rings is 1. The van der Waals surface area contributed by atoms with E-state index >= 15 is 0 Å². The normalized spacial score (nSPS) is 12.6. The fraction of sp³-hybridized carbons (Fsp3) is 0.409. The zero-order valence-corrected chi connectivity index (χ0v) is 18.1. The van der Waals surface area contributed by atoms with Gasteiger partial charge in [0.25, 0.3) is 0 Å². The van der Waals surface area contributed by atoms with Crippen molar-refractivity contribution in [2.24, 2.45) is 4.99 Å². The summed E-state index contributed by atoms with van der Waals surface area (Å²) in [5.74, 6) is 3.32. The summed E-state index contributed by atoms with van der Waals surface area (Å²) >= 11 is 0. The number of methoxy groups -OCH3 is 2. The average molecular weight is 411 g/mol. The Morgan fingerprint density at radius 2 is 2.03 bits per heavy atom.